The Hall–Kier alpha value is -0.710. The van der Waals surface area contributed by atoms with Gasteiger partial charge in [0.05, 0.1) is 0 Å². The average molecular weight is 269 g/mol. The third-order valence-corrected chi connectivity index (χ3v) is 5.20. The second-order valence-corrected chi connectivity index (χ2v) is 6.28. The van der Waals surface area contributed by atoms with Crippen LogP contribution in [0.3, 0.4) is 0 Å². The lowest BCUT2D eigenvalue weighted by Crippen LogP contribution is -2.37. The number of carbonyl (C=O) groups is 1. The predicted octanol–water partition coefficient (Wildman–Crippen LogP) is 1.77. The van der Waals surface area contributed by atoms with Crippen molar-refractivity contribution in [1.29, 1.82) is 0 Å². The molecule has 0 aromatic rings. The molecule has 1 spiro atoms. The van der Waals surface area contributed by atoms with Crippen LogP contribution in [-0.4, -0.2) is 37.0 Å². The number of hydrogen-bond donors (Lipinski definition) is 2. The van der Waals surface area contributed by atoms with Crippen molar-refractivity contribution in [2.45, 2.75) is 38.5 Å². The SMILES string of the molecule is CNC(=O)CCNC1=NCC2(CCCCC2)CS1. The summed E-state index contributed by atoms with van der Waals surface area (Å²) >= 11 is 1.84. The van der Waals surface area contributed by atoms with E-state index in [1.807, 2.05) is 11.8 Å². The smallest absolute Gasteiger partial charge is 0.221 e. The van der Waals surface area contributed by atoms with E-state index in [1.54, 1.807) is 7.05 Å². The Balaban J connectivity index is 1.74. The van der Waals surface area contributed by atoms with Crippen molar-refractivity contribution in [2.24, 2.45) is 10.4 Å². The normalized spacial score (nSPS) is 22.4. The van der Waals surface area contributed by atoms with Crippen molar-refractivity contribution in [3.8, 4) is 0 Å². The molecule has 18 heavy (non-hydrogen) atoms. The van der Waals surface area contributed by atoms with Crippen molar-refractivity contribution in [3.63, 3.8) is 0 Å². The topological polar surface area (TPSA) is 53.5 Å². The van der Waals surface area contributed by atoms with Gasteiger partial charge in [0.2, 0.25) is 5.91 Å². The summed E-state index contributed by atoms with van der Waals surface area (Å²) in [4.78, 5) is 15.8. The Morgan fingerprint density at radius 2 is 2.17 bits per heavy atom. The minimum atomic E-state index is 0.0765. The number of amides is 1. The van der Waals surface area contributed by atoms with Gasteiger partial charge in [-0.15, -0.1) is 0 Å². The molecule has 0 aromatic heterocycles. The molecule has 102 valence electrons. The van der Waals surface area contributed by atoms with Crippen LogP contribution in [0, 0.1) is 5.41 Å². The van der Waals surface area contributed by atoms with Crippen LogP contribution >= 0.6 is 11.8 Å². The lowest BCUT2D eigenvalue weighted by atomic mass is 9.75. The van der Waals surface area contributed by atoms with E-state index in [1.165, 1.54) is 37.9 Å². The van der Waals surface area contributed by atoms with Gasteiger partial charge in [-0.1, -0.05) is 31.0 Å². The minimum absolute atomic E-state index is 0.0765. The monoisotopic (exact) mass is 269 g/mol. The summed E-state index contributed by atoms with van der Waals surface area (Å²) in [5.41, 5.74) is 0.481. The largest absolute Gasteiger partial charge is 0.364 e. The Kier molecular flexibility index (Phi) is 4.92. The molecule has 1 saturated carbocycles. The van der Waals surface area contributed by atoms with E-state index < -0.39 is 0 Å². The van der Waals surface area contributed by atoms with Crippen LogP contribution in [0.2, 0.25) is 0 Å². The lowest BCUT2D eigenvalue weighted by molar-refractivity contribution is -0.120. The highest BCUT2D eigenvalue weighted by Gasteiger charge is 2.34. The first kappa shape index (κ1) is 13.7. The Morgan fingerprint density at radius 3 is 2.78 bits per heavy atom. The van der Waals surface area contributed by atoms with Crippen molar-refractivity contribution >= 4 is 22.8 Å². The summed E-state index contributed by atoms with van der Waals surface area (Å²) < 4.78 is 0. The molecule has 1 fully saturated rings. The third-order valence-electron chi connectivity index (χ3n) is 3.89. The van der Waals surface area contributed by atoms with Crippen LogP contribution in [-0.2, 0) is 4.79 Å². The molecule has 1 aliphatic carbocycles. The van der Waals surface area contributed by atoms with Crippen LogP contribution in [0.5, 0.6) is 0 Å². The van der Waals surface area contributed by atoms with Gasteiger partial charge in [0.25, 0.3) is 0 Å². The van der Waals surface area contributed by atoms with Gasteiger partial charge in [0, 0.05) is 32.3 Å². The summed E-state index contributed by atoms with van der Waals surface area (Å²) in [5, 5.41) is 6.91. The molecule has 2 aliphatic rings. The van der Waals surface area contributed by atoms with Gasteiger partial charge >= 0.3 is 0 Å². The first-order chi connectivity index (χ1) is 8.74. The maximum Gasteiger partial charge on any atom is 0.221 e. The predicted molar refractivity (Wildman–Crippen MR) is 77.0 cm³/mol. The van der Waals surface area contributed by atoms with Crippen molar-refractivity contribution in [3.05, 3.63) is 0 Å². The number of thioether (sulfide) groups is 1. The minimum Gasteiger partial charge on any atom is -0.364 e. The fourth-order valence-corrected chi connectivity index (χ4v) is 3.85. The van der Waals surface area contributed by atoms with E-state index >= 15 is 0 Å². The molecule has 0 radical (unpaired) electrons. The zero-order valence-electron chi connectivity index (χ0n) is 11.1. The first-order valence-electron chi connectivity index (χ1n) is 6.86. The maximum absolute atomic E-state index is 11.1. The summed E-state index contributed by atoms with van der Waals surface area (Å²) in [7, 11) is 1.67. The van der Waals surface area contributed by atoms with E-state index in [0.717, 1.165) is 11.7 Å². The fourth-order valence-electron chi connectivity index (χ4n) is 2.67. The second kappa shape index (κ2) is 6.45. The van der Waals surface area contributed by atoms with E-state index in [9.17, 15) is 4.79 Å². The number of nitrogens with one attached hydrogen (secondary N) is 2. The van der Waals surface area contributed by atoms with Gasteiger partial charge in [0.15, 0.2) is 5.17 Å². The van der Waals surface area contributed by atoms with Gasteiger partial charge in [-0.2, -0.15) is 0 Å². The molecular weight excluding hydrogens is 246 g/mol. The Labute approximate surface area is 113 Å². The molecule has 1 amide bonds. The molecule has 0 saturated heterocycles. The molecule has 1 aliphatic heterocycles. The third kappa shape index (κ3) is 3.64. The summed E-state index contributed by atoms with van der Waals surface area (Å²) in [5.74, 6) is 1.27. The molecule has 2 N–H and O–H groups in total. The molecule has 0 atom stereocenters. The van der Waals surface area contributed by atoms with E-state index in [2.05, 4.69) is 15.6 Å². The van der Waals surface area contributed by atoms with Gasteiger partial charge < -0.3 is 10.6 Å². The number of aliphatic imine (C=N–C) groups is 1. The molecule has 2 rings (SSSR count). The highest BCUT2D eigenvalue weighted by molar-refractivity contribution is 8.13. The average Bonchev–Trinajstić information content (AvgIpc) is 2.42. The molecule has 4 nitrogen and oxygen atoms in total. The summed E-state index contributed by atoms with van der Waals surface area (Å²) in [6.07, 6.45) is 7.34. The number of rotatable bonds is 3. The van der Waals surface area contributed by atoms with Gasteiger partial charge in [0.1, 0.15) is 0 Å². The Morgan fingerprint density at radius 1 is 1.39 bits per heavy atom. The molecule has 0 aromatic carbocycles. The lowest BCUT2D eigenvalue weighted by Gasteiger charge is -2.38. The van der Waals surface area contributed by atoms with Crippen molar-refractivity contribution in [2.75, 3.05) is 25.9 Å². The van der Waals surface area contributed by atoms with Crippen LogP contribution in [0.4, 0.5) is 0 Å². The molecule has 5 heteroatoms. The molecule has 0 unspecified atom stereocenters. The zero-order valence-corrected chi connectivity index (χ0v) is 11.9. The molecular formula is C13H23N3OS. The van der Waals surface area contributed by atoms with E-state index in [4.69, 9.17) is 0 Å². The fraction of sp³-hybridized carbons (Fsp3) is 0.846. The molecule has 0 bridgehead atoms. The van der Waals surface area contributed by atoms with E-state index in [-0.39, 0.29) is 5.91 Å². The highest BCUT2D eigenvalue weighted by atomic mass is 32.2. The second-order valence-electron chi connectivity index (χ2n) is 5.32. The van der Waals surface area contributed by atoms with Crippen LogP contribution in [0.1, 0.15) is 38.5 Å². The highest BCUT2D eigenvalue weighted by Crippen LogP contribution is 2.41. The summed E-state index contributed by atoms with van der Waals surface area (Å²) in [6, 6.07) is 0. The van der Waals surface area contributed by atoms with Gasteiger partial charge in [-0.3, -0.25) is 9.79 Å². The van der Waals surface area contributed by atoms with Crippen LogP contribution in [0.25, 0.3) is 0 Å². The number of nitrogens with zero attached hydrogens (tertiary/aromatic N) is 1. The number of amidine groups is 1. The first-order valence-corrected chi connectivity index (χ1v) is 7.84. The zero-order chi connectivity index (χ0) is 12.8. The molecule has 1 heterocycles. The quantitative estimate of drug-likeness (QED) is 0.821. The standard InChI is InChI=1S/C13H23N3OS/c1-14-11(17)5-8-15-12-16-9-13(10-18-12)6-3-2-4-7-13/h2-10H2,1H3,(H,14,17)(H,15,16). The number of carbonyl (C=O) groups excluding carboxylic acids is 1. The van der Waals surface area contributed by atoms with Crippen LogP contribution in [0.15, 0.2) is 4.99 Å². The van der Waals surface area contributed by atoms with Gasteiger partial charge in [-0.25, -0.2) is 0 Å². The summed E-state index contributed by atoms with van der Waals surface area (Å²) in [6.45, 7) is 1.65. The number of hydrogen-bond acceptors (Lipinski definition) is 4. The van der Waals surface area contributed by atoms with E-state index in [0.29, 0.717) is 18.4 Å². The van der Waals surface area contributed by atoms with Crippen molar-refractivity contribution < 1.29 is 4.79 Å². The Bertz CT molecular complexity index is 324. The van der Waals surface area contributed by atoms with Gasteiger partial charge in [-0.05, 0) is 18.3 Å². The van der Waals surface area contributed by atoms with Crippen LogP contribution < -0.4 is 10.6 Å². The van der Waals surface area contributed by atoms with Crippen molar-refractivity contribution in [1.82, 2.24) is 10.6 Å². The maximum atomic E-state index is 11.1.